The van der Waals surface area contributed by atoms with Crippen molar-refractivity contribution in [3.05, 3.63) is 83.0 Å². The molecule has 1 aliphatic heterocycles. The third kappa shape index (κ3) is 4.07. The van der Waals surface area contributed by atoms with E-state index in [1.165, 1.54) is 16.7 Å². The SMILES string of the molecule is COC1C=CC2=C(COc3ccccc3/C2=C(\C)c2cccc(NS(C)=O)c2)C1. The molecule has 0 bridgehead atoms. The van der Waals surface area contributed by atoms with Crippen LogP contribution in [0.3, 0.4) is 0 Å². The molecule has 0 aromatic heterocycles. The lowest BCUT2D eigenvalue weighted by atomic mass is 9.84. The summed E-state index contributed by atoms with van der Waals surface area (Å²) in [6.07, 6.45) is 6.82. The number of fused-ring (bicyclic) bond motifs is 1. The molecule has 2 aliphatic rings. The average Bonchev–Trinajstić information content (AvgIpc) is 2.89. The zero-order valence-corrected chi connectivity index (χ0v) is 17.7. The minimum absolute atomic E-state index is 0.0761. The molecule has 1 N–H and O–H groups in total. The first kappa shape index (κ1) is 19.7. The van der Waals surface area contributed by atoms with Crippen LogP contribution < -0.4 is 9.46 Å². The van der Waals surface area contributed by atoms with Gasteiger partial charge in [-0.05, 0) is 53.0 Å². The number of methoxy groups -OCH3 is 1. The second kappa shape index (κ2) is 8.39. The molecule has 150 valence electrons. The Morgan fingerprint density at radius 2 is 2.03 bits per heavy atom. The Bertz CT molecular complexity index is 1050. The van der Waals surface area contributed by atoms with Crippen molar-refractivity contribution in [1.82, 2.24) is 0 Å². The molecule has 0 saturated carbocycles. The number of hydrogen-bond acceptors (Lipinski definition) is 3. The van der Waals surface area contributed by atoms with Gasteiger partial charge < -0.3 is 14.2 Å². The normalized spacial score (nSPS) is 20.9. The number of anilines is 1. The van der Waals surface area contributed by atoms with Gasteiger partial charge in [-0.1, -0.05) is 42.5 Å². The molecule has 2 aromatic carbocycles. The molecule has 4 rings (SSSR count). The lowest BCUT2D eigenvalue weighted by Gasteiger charge is -2.22. The predicted molar refractivity (Wildman–Crippen MR) is 120 cm³/mol. The molecule has 2 atom stereocenters. The first-order valence-corrected chi connectivity index (χ1v) is 11.2. The van der Waals surface area contributed by atoms with Crippen LogP contribution >= 0.6 is 0 Å². The smallest absolute Gasteiger partial charge is 0.127 e. The zero-order valence-electron chi connectivity index (χ0n) is 16.9. The van der Waals surface area contributed by atoms with Gasteiger partial charge in [0, 0.05) is 31.0 Å². The Morgan fingerprint density at radius 1 is 1.21 bits per heavy atom. The molecule has 0 amide bonds. The van der Waals surface area contributed by atoms with Crippen LogP contribution in [0.5, 0.6) is 5.75 Å². The quantitative estimate of drug-likeness (QED) is 0.777. The summed E-state index contributed by atoms with van der Waals surface area (Å²) in [4.78, 5) is 0. The Hall–Kier alpha value is -2.63. The molecule has 0 saturated heterocycles. The number of hydrogen-bond donors (Lipinski definition) is 1. The number of para-hydroxylation sites is 1. The minimum atomic E-state index is -1.11. The van der Waals surface area contributed by atoms with Crippen molar-refractivity contribution in [2.45, 2.75) is 19.4 Å². The van der Waals surface area contributed by atoms with E-state index in [1.807, 2.05) is 36.4 Å². The maximum atomic E-state index is 11.6. The highest BCUT2D eigenvalue weighted by Crippen LogP contribution is 2.43. The van der Waals surface area contributed by atoms with Gasteiger partial charge in [0.25, 0.3) is 0 Å². The number of nitrogens with one attached hydrogen (secondary N) is 1. The summed E-state index contributed by atoms with van der Waals surface area (Å²) in [6, 6.07) is 16.2. The molecule has 29 heavy (non-hydrogen) atoms. The van der Waals surface area contributed by atoms with Crippen LogP contribution in [0, 0.1) is 0 Å². The Morgan fingerprint density at radius 3 is 2.83 bits per heavy atom. The van der Waals surface area contributed by atoms with Gasteiger partial charge in [0.2, 0.25) is 0 Å². The van der Waals surface area contributed by atoms with Crippen molar-refractivity contribution in [3.8, 4) is 5.75 Å². The third-order valence-corrected chi connectivity index (χ3v) is 5.89. The van der Waals surface area contributed by atoms with E-state index in [0.29, 0.717) is 6.61 Å². The van der Waals surface area contributed by atoms with E-state index >= 15 is 0 Å². The molecule has 0 fully saturated rings. The summed E-state index contributed by atoms with van der Waals surface area (Å²) in [5, 5.41) is 0. The monoisotopic (exact) mass is 407 g/mol. The van der Waals surface area contributed by atoms with Crippen molar-refractivity contribution < 1.29 is 13.7 Å². The van der Waals surface area contributed by atoms with E-state index in [0.717, 1.165) is 34.6 Å². The lowest BCUT2D eigenvalue weighted by Crippen LogP contribution is -2.16. The molecule has 0 spiro atoms. The van der Waals surface area contributed by atoms with Gasteiger partial charge in [-0.15, -0.1) is 0 Å². The fourth-order valence-corrected chi connectivity index (χ4v) is 4.40. The maximum Gasteiger partial charge on any atom is 0.127 e. The molecule has 1 heterocycles. The zero-order chi connectivity index (χ0) is 20.4. The van der Waals surface area contributed by atoms with Gasteiger partial charge in [0.15, 0.2) is 0 Å². The van der Waals surface area contributed by atoms with Gasteiger partial charge in [0.1, 0.15) is 23.3 Å². The van der Waals surface area contributed by atoms with Gasteiger partial charge in [0.05, 0.1) is 6.10 Å². The fraction of sp³-hybridized carbons (Fsp3) is 0.250. The van der Waals surface area contributed by atoms with Crippen molar-refractivity contribution in [1.29, 1.82) is 0 Å². The van der Waals surface area contributed by atoms with Crippen LogP contribution in [0.25, 0.3) is 11.1 Å². The minimum Gasteiger partial charge on any atom is -0.489 e. The standard InChI is InChI=1S/C24H25NO3S/c1-16(17-7-6-8-19(13-17)25-29(3)26)24-21-12-11-20(27-2)14-18(21)15-28-23-10-5-4-9-22(23)24/h4-13,20,25H,14-15H2,1-3H3/b24-16+. The summed E-state index contributed by atoms with van der Waals surface area (Å²) in [5.41, 5.74) is 7.80. The van der Waals surface area contributed by atoms with Crippen molar-refractivity contribution in [2.24, 2.45) is 0 Å². The van der Waals surface area contributed by atoms with E-state index in [9.17, 15) is 4.21 Å². The summed E-state index contributed by atoms with van der Waals surface area (Å²) in [7, 11) is 0.627. The van der Waals surface area contributed by atoms with Crippen molar-refractivity contribution >= 4 is 27.8 Å². The van der Waals surface area contributed by atoms with E-state index in [-0.39, 0.29) is 6.10 Å². The topological polar surface area (TPSA) is 47.6 Å². The van der Waals surface area contributed by atoms with Crippen molar-refractivity contribution in [3.63, 3.8) is 0 Å². The third-order valence-electron chi connectivity index (χ3n) is 5.37. The highest BCUT2D eigenvalue weighted by Gasteiger charge is 2.26. The molecule has 4 nitrogen and oxygen atoms in total. The lowest BCUT2D eigenvalue weighted by molar-refractivity contribution is 0.137. The number of benzene rings is 2. The number of rotatable bonds is 4. The summed E-state index contributed by atoms with van der Waals surface area (Å²) in [6.45, 7) is 2.70. The van der Waals surface area contributed by atoms with Crippen molar-refractivity contribution in [2.75, 3.05) is 24.7 Å². The van der Waals surface area contributed by atoms with Gasteiger partial charge in [-0.25, -0.2) is 4.21 Å². The predicted octanol–water partition coefficient (Wildman–Crippen LogP) is 4.99. The Balaban J connectivity index is 1.89. The molecule has 5 heteroatoms. The Labute approximate surface area is 174 Å². The first-order chi connectivity index (χ1) is 14.1. The van der Waals surface area contributed by atoms with E-state index in [2.05, 4.69) is 35.9 Å². The van der Waals surface area contributed by atoms with Crippen LogP contribution in [0.15, 0.2) is 71.8 Å². The number of allylic oxidation sites excluding steroid dienone is 4. The molecular formula is C24H25NO3S. The largest absolute Gasteiger partial charge is 0.489 e. The van der Waals surface area contributed by atoms with Crippen LogP contribution in [-0.4, -0.2) is 30.3 Å². The van der Waals surface area contributed by atoms with Crippen LogP contribution in [0.1, 0.15) is 24.5 Å². The van der Waals surface area contributed by atoms with E-state index in [4.69, 9.17) is 9.47 Å². The van der Waals surface area contributed by atoms with Gasteiger partial charge >= 0.3 is 0 Å². The average molecular weight is 408 g/mol. The molecular weight excluding hydrogens is 382 g/mol. The highest BCUT2D eigenvalue weighted by molar-refractivity contribution is 7.85. The summed E-state index contributed by atoms with van der Waals surface area (Å²) < 4.78 is 26.3. The molecule has 0 radical (unpaired) electrons. The van der Waals surface area contributed by atoms with E-state index in [1.54, 1.807) is 13.4 Å². The molecule has 1 aliphatic carbocycles. The summed E-state index contributed by atoms with van der Waals surface area (Å²) >= 11 is 0. The van der Waals surface area contributed by atoms with Gasteiger partial charge in [-0.3, -0.25) is 0 Å². The van der Waals surface area contributed by atoms with Crippen LogP contribution in [0.4, 0.5) is 5.69 Å². The summed E-state index contributed by atoms with van der Waals surface area (Å²) in [5.74, 6) is 0.891. The molecule has 2 unspecified atom stereocenters. The second-order valence-corrected chi connectivity index (χ2v) is 8.39. The van der Waals surface area contributed by atoms with Crippen LogP contribution in [0.2, 0.25) is 0 Å². The Kier molecular flexibility index (Phi) is 5.69. The van der Waals surface area contributed by atoms with Crippen LogP contribution in [-0.2, 0) is 15.7 Å². The highest BCUT2D eigenvalue weighted by atomic mass is 32.2. The van der Waals surface area contributed by atoms with Gasteiger partial charge in [-0.2, -0.15) is 0 Å². The molecule has 2 aromatic rings. The van der Waals surface area contributed by atoms with E-state index < -0.39 is 11.0 Å². The maximum absolute atomic E-state index is 11.6. The first-order valence-electron chi connectivity index (χ1n) is 9.64. The second-order valence-electron chi connectivity index (χ2n) is 7.28. The number of ether oxygens (including phenoxy) is 2. The fourth-order valence-electron chi connectivity index (χ4n) is 3.94.